The Morgan fingerprint density at radius 2 is 2.11 bits per heavy atom. The number of hydrogen-bond acceptors (Lipinski definition) is 5. The fraction of sp³-hybridized carbons (Fsp3) is 0.462. The molecule has 6 nitrogen and oxygen atoms in total. The highest BCUT2D eigenvalue weighted by atomic mass is 16.6. The number of nitrogens with zero attached hydrogens (tertiary/aromatic N) is 3. The van der Waals surface area contributed by atoms with Crippen LogP contribution in [0.4, 0.5) is 11.4 Å². The van der Waals surface area contributed by atoms with E-state index in [1.165, 1.54) is 6.07 Å². The molecule has 0 aliphatic rings. The van der Waals surface area contributed by atoms with Gasteiger partial charge < -0.3 is 10.2 Å². The van der Waals surface area contributed by atoms with E-state index in [-0.39, 0.29) is 16.8 Å². The lowest BCUT2D eigenvalue weighted by Gasteiger charge is -2.32. The minimum absolute atomic E-state index is 0.0673. The molecule has 0 aromatic heterocycles. The Balaban J connectivity index is 3.03. The highest BCUT2D eigenvalue weighted by Gasteiger charge is 2.24. The number of hydrogen-bond donors (Lipinski definition) is 1. The van der Waals surface area contributed by atoms with Gasteiger partial charge in [0, 0.05) is 12.1 Å². The standard InChI is InChI=1S/C13H18N4O2/c1-13(2,16(3)4)9-15-11-7-5-6-10(8-14)12(11)17(18)19/h5-7,15H,9H2,1-4H3. The van der Waals surface area contributed by atoms with Crippen molar-refractivity contribution in [3.8, 4) is 6.07 Å². The molecule has 0 amide bonds. The van der Waals surface area contributed by atoms with Crippen LogP contribution in [0.5, 0.6) is 0 Å². The monoisotopic (exact) mass is 262 g/mol. The Bertz CT molecular complexity index is 518. The molecule has 0 spiro atoms. The Kier molecular flexibility index (Phi) is 4.46. The van der Waals surface area contributed by atoms with E-state index in [0.717, 1.165) is 0 Å². The quantitative estimate of drug-likeness (QED) is 0.650. The van der Waals surface area contributed by atoms with Gasteiger partial charge in [0.05, 0.1) is 4.92 Å². The van der Waals surface area contributed by atoms with Gasteiger partial charge in [-0.2, -0.15) is 5.26 Å². The second-order valence-electron chi connectivity index (χ2n) is 5.13. The van der Waals surface area contributed by atoms with Gasteiger partial charge in [-0.25, -0.2) is 0 Å². The van der Waals surface area contributed by atoms with Crippen molar-refractivity contribution in [3.63, 3.8) is 0 Å². The van der Waals surface area contributed by atoms with E-state index in [1.54, 1.807) is 12.1 Å². The van der Waals surface area contributed by atoms with E-state index >= 15 is 0 Å². The SMILES string of the molecule is CN(C)C(C)(C)CNc1cccc(C#N)c1[N+](=O)[O-]. The van der Waals surface area contributed by atoms with Crippen LogP contribution in [0, 0.1) is 21.4 Å². The molecule has 0 fully saturated rings. The number of rotatable bonds is 5. The van der Waals surface area contributed by atoms with Crippen molar-refractivity contribution in [2.75, 3.05) is 26.0 Å². The molecular formula is C13H18N4O2. The number of nitriles is 1. The minimum Gasteiger partial charge on any atom is -0.378 e. The van der Waals surface area contributed by atoms with Crippen molar-refractivity contribution < 1.29 is 4.92 Å². The van der Waals surface area contributed by atoms with Gasteiger partial charge >= 0.3 is 5.69 Å². The van der Waals surface area contributed by atoms with Gasteiger partial charge in [0.25, 0.3) is 0 Å². The lowest BCUT2D eigenvalue weighted by Crippen LogP contribution is -2.44. The van der Waals surface area contributed by atoms with Gasteiger partial charge in [0.15, 0.2) is 0 Å². The third-order valence-electron chi connectivity index (χ3n) is 3.26. The Morgan fingerprint density at radius 1 is 1.47 bits per heavy atom. The van der Waals surface area contributed by atoms with Gasteiger partial charge in [-0.3, -0.25) is 10.1 Å². The first-order chi connectivity index (χ1) is 8.79. The van der Waals surface area contributed by atoms with Gasteiger partial charge in [0.2, 0.25) is 0 Å². The van der Waals surface area contributed by atoms with Gasteiger partial charge in [-0.05, 0) is 40.1 Å². The predicted molar refractivity (Wildman–Crippen MR) is 74.1 cm³/mol. The zero-order valence-corrected chi connectivity index (χ0v) is 11.6. The van der Waals surface area contributed by atoms with Crippen LogP contribution in [-0.4, -0.2) is 36.0 Å². The van der Waals surface area contributed by atoms with Gasteiger partial charge in [-0.1, -0.05) is 6.07 Å². The summed E-state index contributed by atoms with van der Waals surface area (Å²) in [7, 11) is 3.89. The Labute approximate surface area is 112 Å². The largest absolute Gasteiger partial charge is 0.378 e. The van der Waals surface area contributed by atoms with Crippen molar-refractivity contribution >= 4 is 11.4 Å². The fourth-order valence-electron chi connectivity index (χ4n) is 1.44. The van der Waals surface area contributed by atoms with Crippen LogP contribution in [0.3, 0.4) is 0 Å². The van der Waals surface area contributed by atoms with E-state index in [0.29, 0.717) is 12.2 Å². The molecule has 0 aliphatic heterocycles. The maximum atomic E-state index is 11.1. The molecule has 19 heavy (non-hydrogen) atoms. The number of nitro groups is 1. The van der Waals surface area contributed by atoms with Gasteiger partial charge in [0.1, 0.15) is 17.3 Å². The summed E-state index contributed by atoms with van der Waals surface area (Å²) in [5.41, 5.74) is 0.118. The molecule has 1 aromatic carbocycles. The molecule has 0 saturated carbocycles. The van der Waals surface area contributed by atoms with Crippen LogP contribution in [0.1, 0.15) is 19.4 Å². The molecule has 0 atom stereocenters. The van der Waals surface area contributed by atoms with Crippen LogP contribution in [-0.2, 0) is 0 Å². The molecule has 0 aliphatic carbocycles. The van der Waals surface area contributed by atoms with Crippen LogP contribution in [0.15, 0.2) is 18.2 Å². The molecule has 0 unspecified atom stereocenters. The van der Waals surface area contributed by atoms with Crippen LogP contribution < -0.4 is 5.32 Å². The second kappa shape index (κ2) is 5.67. The topological polar surface area (TPSA) is 82.2 Å². The summed E-state index contributed by atoms with van der Waals surface area (Å²) >= 11 is 0. The molecular weight excluding hydrogens is 244 g/mol. The fourth-order valence-corrected chi connectivity index (χ4v) is 1.44. The minimum atomic E-state index is -0.524. The van der Waals surface area contributed by atoms with E-state index in [9.17, 15) is 10.1 Å². The molecule has 6 heteroatoms. The zero-order chi connectivity index (χ0) is 14.6. The average molecular weight is 262 g/mol. The van der Waals surface area contributed by atoms with E-state index in [2.05, 4.69) is 5.32 Å². The first-order valence-electron chi connectivity index (χ1n) is 5.88. The van der Waals surface area contributed by atoms with Gasteiger partial charge in [-0.15, -0.1) is 0 Å². The number of nitrogens with one attached hydrogen (secondary N) is 1. The number of nitro benzene ring substituents is 1. The summed E-state index contributed by atoms with van der Waals surface area (Å²) in [6, 6.07) is 6.54. The van der Waals surface area contributed by atoms with Crippen molar-refractivity contribution in [3.05, 3.63) is 33.9 Å². The summed E-state index contributed by atoms with van der Waals surface area (Å²) < 4.78 is 0. The first-order valence-corrected chi connectivity index (χ1v) is 5.88. The predicted octanol–water partition coefficient (Wildman–Crippen LogP) is 2.22. The lowest BCUT2D eigenvalue weighted by atomic mass is 10.0. The second-order valence-corrected chi connectivity index (χ2v) is 5.13. The van der Waals surface area contributed by atoms with Crippen molar-refractivity contribution in [2.45, 2.75) is 19.4 Å². The highest BCUT2D eigenvalue weighted by Crippen LogP contribution is 2.28. The Morgan fingerprint density at radius 3 is 2.58 bits per heavy atom. The van der Waals surface area contributed by atoms with E-state index < -0.39 is 4.92 Å². The molecule has 0 bridgehead atoms. The van der Waals surface area contributed by atoms with Crippen molar-refractivity contribution in [1.29, 1.82) is 5.26 Å². The maximum Gasteiger partial charge on any atom is 0.309 e. The highest BCUT2D eigenvalue weighted by molar-refractivity contribution is 5.68. The number of likely N-dealkylation sites (N-methyl/N-ethyl adjacent to an activating group) is 1. The molecule has 1 aromatic rings. The van der Waals surface area contributed by atoms with Crippen LogP contribution in [0.2, 0.25) is 0 Å². The summed E-state index contributed by atoms with van der Waals surface area (Å²) in [6.45, 7) is 4.59. The third kappa shape index (κ3) is 3.42. The lowest BCUT2D eigenvalue weighted by molar-refractivity contribution is -0.384. The van der Waals surface area contributed by atoms with Crippen LogP contribution in [0.25, 0.3) is 0 Å². The van der Waals surface area contributed by atoms with Crippen molar-refractivity contribution in [2.24, 2.45) is 0 Å². The first kappa shape index (κ1) is 14.9. The molecule has 0 radical (unpaired) electrons. The molecule has 1 N–H and O–H groups in total. The number of benzene rings is 1. The summed E-state index contributed by atoms with van der Waals surface area (Å²) in [4.78, 5) is 12.6. The average Bonchev–Trinajstić information content (AvgIpc) is 2.35. The zero-order valence-electron chi connectivity index (χ0n) is 11.6. The number of para-hydroxylation sites is 1. The smallest absolute Gasteiger partial charge is 0.309 e. The molecule has 0 heterocycles. The van der Waals surface area contributed by atoms with E-state index in [4.69, 9.17) is 5.26 Å². The Hall–Kier alpha value is -2.13. The summed E-state index contributed by atoms with van der Waals surface area (Å²) in [5.74, 6) is 0. The van der Waals surface area contributed by atoms with E-state index in [1.807, 2.05) is 38.9 Å². The summed E-state index contributed by atoms with van der Waals surface area (Å²) in [6.07, 6.45) is 0. The van der Waals surface area contributed by atoms with Crippen molar-refractivity contribution in [1.82, 2.24) is 4.90 Å². The maximum absolute atomic E-state index is 11.1. The summed E-state index contributed by atoms with van der Waals surface area (Å²) in [5, 5.41) is 23.0. The molecule has 0 saturated heterocycles. The molecule has 1 rings (SSSR count). The number of anilines is 1. The van der Waals surface area contributed by atoms with Crippen LogP contribution >= 0.6 is 0 Å². The molecule has 102 valence electrons. The third-order valence-corrected chi connectivity index (χ3v) is 3.26. The normalized spacial score (nSPS) is 11.2.